The van der Waals surface area contributed by atoms with Gasteiger partial charge in [-0.05, 0) is 47.3 Å². The predicted molar refractivity (Wildman–Crippen MR) is 83.3 cm³/mol. The molecule has 2 rings (SSSR count). The van der Waals surface area contributed by atoms with Crippen molar-refractivity contribution in [1.82, 2.24) is 9.80 Å². The molecule has 1 heterocycles. The van der Waals surface area contributed by atoms with Gasteiger partial charge < -0.3 is 4.90 Å². The van der Waals surface area contributed by atoms with Crippen LogP contribution in [0.15, 0.2) is 24.3 Å². The summed E-state index contributed by atoms with van der Waals surface area (Å²) in [6.45, 7) is 6.17. The summed E-state index contributed by atoms with van der Waals surface area (Å²) in [6.07, 6.45) is 2.40. The minimum absolute atomic E-state index is 0.0230. The molecule has 1 saturated heterocycles. The van der Waals surface area contributed by atoms with E-state index in [1.165, 1.54) is 18.4 Å². The van der Waals surface area contributed by atoms with E-state index in [-0.39, 0.29) is 11.8 Å². The Bertz CT molecular complexity index is 453. The Kier molecular flexibility index (Phi) is 4.95. The normalized spacial score (nSPS) is 21.4. The van der Waals surface area contributed by atoms with Gasteiger partial charge in [-0.3, -0.25) is 9.69 Å². The van der Waals surface area contributed by atoms with Crippen molar-refractivity contribution in [1.29, 1.82) is 0 Å². The number of carbonyl (C=O) groups is 1. The van der Waals surface area contributed by atoms with Crippen LogP contribution >= 0.6 is 0 Å². The first kappa shape index (κ1) is 15.2. The van der Waals surface area contributed by atoms with Crippen LogP contribution < -0.4 is 0 Å². The highest BCUT2D eigenvalue weighted by atomic mass is 16.1. The second-order valence-corrected chi connectivity index (χ2v) is 6.20. The number of likely N-dealkylation sites (tertiary alicyclic amines) is 1. The highest BCUT2D eigenvalue weighted by Crippen LogP contribution is 2.22. The standard InChI is InChI=1S/C17H26N2O/c1-13-7-9-15(10-8-13)17(20)14(2)19-11-5-6-16(19)12-18(3)4/h7-10,14,16H,5-6,11-12H2,1-4H3. The maximum Gasteiger partial charge on any atom is 0.179 e. The van der Waals surface area contributed by atoms with Gasteiger partial charge in [0.25, 0.3) is 0 Å². The average Bonchev–Trinajstić information content (AvgIpc) is 2.85. The van der Waals surface area contributed by atoms with Gasteiger partial charge in [0.1, 0.15) is 0 Å². The SMILES string of the molecule is Cc1ccc(C(=O)C(C)N2CCCC2CN(C)C)cc1. The number of rotatable bonds is 5. The number of nitrogens with zero attached hydrogens (tertiary/aromatic N) is 2. The minimum Gasteiger partial charge on any atom is -0.308 e. The van der Waals surface area contributed by atoms with Crippen LogP contribution in [0, 0.1) is 6.92 Å². The molecular weight excluding hydrogens is 248 g/mol. The molecular formula is C17H26N2O. The van der Waals surface area contributed by atoms with Gasteiger partial charge in [-0.1, -0.05) is 29.8 Å². The van der Waals surface area contributed by atoms with Crippen LogP contribution in [0.25, 0.3) is 0 Å². The lowest BCUT2D eigenvalue weighted by Gasteiger charge is -2.31. The molecule has 0 radical (unpaired) electrons. The zero-order valence-electron chi connectivity index (χ0n) is 13.1. The average molecular weight is 274 g/mol. The van der Waals surface area contributed by atoms with Crippen LogP contribution in [0.1, 0.15) is 35.7 Å². The summed E-state index contributed by atoms with van der Waals surface area (Å²) >= 11 is 0. The van der Waals surface area contributed by atoms with E-state index in [0.717, 1.165) is 18.7 Å². The highest BCUT2D eigenvalue weighted by molar-refractivity contribution is 5.99. The van der Waals surface area contributed by atoms with E-state index < -0.39 is 0 Å². The van der Waals surface area contributed by atoms with Crippen molar-refractivity contribution in [2.24, 2.45) is 0 Å². The molecule has 3 heteroatoms. The van der Waals surface area contributed by atoms with Gasteiger partial charge in [0, 0.05) is 18.2 Å². The van der Waals surface area contributed by atoms with Crippen LogP contribution in [0.3, 0.4) is 0 Å². The summed E-state index contributed by atoms with van der Waals surface area (Å²) in [5.41, 5.74) is 2.03. The van der Waals surface area contributed by atoms with Gasteiger partial charge in [-0.2, -0.15) is 0 Å². The Morgan fingerprint density at radius 2 is 2.00 bits per heavy atom. The van der Waals surface area contributed by atoms with Gasteiger partial charge in [-0.15, -0.1) is 0 Å². The molecule has 1 aromatic rings. The number of aryl methyl sites for hydroxylation is 1. The molecule has 1 aliphatic rings. The smallest absolute Gasteiger partial charge is 0.179 e. The molecule has 0 aromatic heterocycles. The Balaban J connectivity index is 2.07. The molecule has 0 spiro atoms. The molecule has 0 N–H and O–H groups in total. The Labute approximate surface area is 122 Å². The fraction of sp³-hybridized carbons (Fsp3) is 0.588. The summed E-state index contributed by atoms with van der Waals surface area (Å²) in [7, 11) is 4.20. The maximum absolute atomic E-state index is 12.6. The number of hydrogen-bond acceptors (Lipinski definition) is 3. The molecule has 0 bridgehead atoms. The number of Topliss-reactive ketones (excluding diaryl/α,β-unsaturated/α-hetero) is 1. The molecule has 0 aliphatic carbocycles. The first-order valence-electron chi connectivity index (χ1n) is 7.50. The molecule has 110 valence electrons. The third-order valence-corrected chi connectivity index (χ3v) is 4.21. The van der Waals surface area contributed by atoms with Gasteiger partial charge in [0.05, 0.1) is 6.04 Å². The van der Waals surface area contributed by atoms with Gasteiger partial charge in [0.15, 0.2) is 5.78 Å². The minimum atomic E-state index is -0.0230. The van der Waals surface area contributed by atoms with Crippen molar-refractivity contribution in [3.05, 3.63) is 35.4 Å². The largest absolute Gasteiger partial charge is 0.308 e. The monoisotopic (exact) mass is 274 g/mol. The van der Waals surface area contributed by atoms with Crippen molar-refractivity contribution < 1.29 is 4.79 Å². The van der Waals surface area contributed by atoms with Crippen LogP contribution in [0.4, 0.5) is 0 Å². The number of hydrogen-bond donors (Lipinski definition) is 0. The molecule has 2 atom stereocenters. The molecule has 0 saturated carbocycles. The highest BCUT2D eigenvalue weighted by Gasteiger charge is 2.32. The van der Waals surface area contributed by atoms with Crippen molar-refractivity contribution >= 4 is 5.78 Å². The molecule has 1 aromatic carbocycles. The zero-order valence-corrected chi connectivity index (χ0v) is 13.1. The van der Waals surface area contributed by atoms with Crippen LogP contribution in [-0.4, -0.2) is 54.9 Å². The molecule has 2 unspecified atom stereocenters. The third-order valence-electron chi connectivity index (χ3n) is 4.21. The predicted octanol–water partition coefficient (Wildman–Crippen LogP) is 2.59. The van der Waals surface area contributed by atoms with Crippen molar-refractivity contribution in [2.75, 3.05) is 27.2 Å². The summed E-state index contributed by atoms with van der Waals surface area (Å²) < 4.78 is 0. The lowest BCUT2D eigenvalue weighted by Crippen LogP contribution is -2.46. The van der Waals surface area contributed by atoms with Crippen LogP contribution in [-0.2, 0) is 0 Å². The number of benzene rings is 1. The molecule has 0 amide bonds. The lowest BCUT2D eigenvalue weighted by atomic mass is 10.0. The molecule has 20 heavy (non-hydrogen) atoms. The quantitative estimate of drug-likeness (QED) is 0.771. The fourth-order valence-electron chi connectivity index (χ4n) is 3.10. The van der Waals surface area contributed by atoms with Crippen LogP contribution in [0.2, 0.25) is 0 Å². The van der Waals surface area contributed by atoms with Crippen molar-refractivity contribution in [2.45, 2.75) is 38.8 Å². The summed E-state index contributed by atoms with van der Waals surface area (Å²) in [6, 6.07) is 8.42. The zero-order chi connectivity index (χ0) is 14.7. The maximum atomic E-state index is 12.6. The third kappa shape index (κ3) is 3.47. The van der Waals surface area contributed by atoms with Crippen molar-refractivity contribution in [3.8, 4) is 0 Å². The Morgan fingerprint density at radius 3 is 2.60 bits per heavy atom. The van der Waals surface area contributed by atoms with E-state index >= 15 is 0 Å². The first-order valence-corrected chi connectivity index (χ1v) is 7.50. The van der Waals surface area contributed by atoms with Gasteiger partial charge in [-0.25, -0.2) is 0 Å². The summed E-state index contributed by atoms with van der Waals surface area (Å²) in [5, 5.41) is 0. The second kappa shape index (κ2) is 6.51. The van der Waals surface area contributed by atoms with E-state index in [0.29, 0.717) is 6.04 Å². The van der Waals surface area contributed by atoms with E-state index in [1.807, 2.05) is 31.2 Å². The number of ketones is 1. The number of carbonyl (C=O) groups excluding carboxylic acids is 1. The molecule has 1 fully saturated rings. The van der Waals surface area contributed by atoms with Crippen molar-refractivity contribution in [3.63, 3.8) is 0 Å². The van der Waals surface area contributed by atoms with E-state index in [9.17, 15) is 4.79 Å². The Hall–Kier alpha value is -1.19. The van der Waals surface area contributed by atoms with E-state index in [2.05, 4.69) is 30.8 Å². The lowest BCUT2D eigenvalue weighted by molar-refractivity contribution is 0.0799. The Morgan fingerprint density at radius 1 is 1.35 bits per heavy atom. The van der Waals surface area contributed by atoms with Gasteiger partial charge >= 0.3 is 0 Å². The van der Waals surface area contributed by atoms with E-state index in [1.54, 1.807) is 0 Å². The van der Waals surface area contributed by atoms with E-state index in [4.69, 9.17) is 0 Å². The fourth-order valence-corrected chi connectivity index (χ4v) is 3.10. The van der Waals surface area contributed by atoms with Crippen LogP contribution in [0.5, 0.6) is 0 Å². The molecule has 1 aliphatic heterocycles. The topological polar surface area (TPSA) is 23.6 Å². The first-order chi connectivity index (χ1) is 9.49. The summed E-state index contributed by atoms with van der Waals surface area (Å²) in [5.74, 6) is 0.246. The van der Waals surface area contributed by atoms with Gasteiger partial charge in [0.2, 0.25) is 0 Å². The second-order valence-electron chi connectivity index (χ2n) is 6.20. The summed E-state index contributed by atoms with van der Waals surface area (Å²) in [4.78, 5) is 17.2. The molecule has 3 nitrogen and oxygen atoms in total. The number of likely N-dealkylation sites (N-methyl/N-ethyl adjacent to an activating group) is 1.